The second kappa shape index (κ2) is 6.73. The number of aryl methyl sites for hydroxylation is 1. The van der Waals surface area contributed by atoms with Crippen LogP contribution < -0.4 is 0 Å². The molecule has 0 amide bonds. The lowest BCUT2D eigenvalue weighted by molar-refractivity contribution is -0.128. The summed E-state index contributed by atoms with van der Waals surface area (Å²) in [6.07, 6.45) is 5.84. The molecule has 28 heavy (non-hydrogen) atoms. The van der Waals surface area contributed by atoms with Crippen LogP contribution in [0.3, 0.4) is 0 Å². The third-order valence-electron chi connectivity index (χ3n) is 6.97. The van der Waals surface area contributed by atoms with Gasteiger partial charge in [0.25, 0.3) is 0 Å². The van der Waals surface area contributed by atoms with Crippen molar-refractivity contribution in [1.29, 1.82) is 0 Å². The maximum Gasteiger partial charge on any atom is 0.136 e. The Kier molecular flexibility index (Phi) is 4.19. The van der Waals surface area contributed by atoms with Gasteiger partial charge >= 0.3 is 0 Å². The lowest BCUT2D eigenvalue weighted by Crippen LogP contribution is -2.49. The zero-order valence-corrected chi connectivity index (χ0v) is 16.3. The summed E-state index contributed by atoms with van der Waals surface area (Å²) in [6, 6.07) is 21.3. The monoisotopic (exact) mass is 370 g/mol. The first-order valence-corrected chi connectivity index (χ1v) is 10.4. The molecule has 2 aromatic carbocycles. The number of carbonyl (C=O) groups is 1. The van der Waals surface area contributed by atoms with Crippen LogP contribution >= 0.6 is 0 Å². The van der Waals surface area contributed by atoms with Crippen molar-refractivity contribution in [3.63, 3.8) is 0 Å². The number of nitrogens with zero attached hydrogens (tertiary/aromatic N) is 2. The smallest absolute Gasteiger partial charge is 0.136 e. The highest BCUT2D eigenvalue weighted by Gasteiger charge is 2.53. The number of hydrogen-bond acceptors (Lipinski definition) is 2. The fraction of sp³-hybridized carbons (Fsp3) is 0.360. The van der Waals surface area contributed by atoms with Crippen LogP contribution in [-0.2, 0) is 23.2 Å². The quantitative estimate of drug-likeness (QED) is 0.665. The largest absolute Gasteiger partial charge is 0.299 e. The van der Waals surface area contributed by atoms with E-state index in [1.807, 2.05) is 6.07 Å². The molecule has 0 bridgehead atoms. The predicted molar refractivity (Wildman–Crippen MR) is 110 cm³/mol. The van der Waals surface area contributed by atoms with Gasteiger partial charge in [-0.3, -0.25) is 9.48 Å². The van der Waals surface area contributed by atoms with E-state index in [1.165, 1.54) is 22.4 Å². The normalized spacial score (nSPS) is 26.5. The Bertz CT molecular complexity index is 992. The van der Waals surface area contributed by atoms with Gasteiger partial charge in [0, 0.05) is 24.0 Å². The van der Waals surface area contributed by atoms with Crippen LogP contribution in [0.1, 0.15) is 48.6 Å². The van der Waals surface area contributed by atoms with Crippen molar-refractivity contribution in [2.75, 3.05) is 0 Å². The maximum atomic E-state index is 12.6. The first kappa shape index (κ1) is 17.4. The van der Waals surface area contributed by atoms with Gasteiger partial charge in [0.1, 0.15) is 5.78 Å². The van der Waals surface area contributed by atoms with Crippen LogP contribution in [0.4, 0.5) is 0 Å². The summed E-state index contributed by atoms with van der Waals surface area (Å²) in [5, 5.41) is 5.14. The van der Waals surface area contributed by atoms with E-state index in [2.05, 4.69) is 72.4 Å². The second-order valence-corrected chi connectivity index (χ2v) is 8.42. The standard InChI is InChI=1S/C25H26N2O/c1-18-22-13-12-20-17-27(16-19-8-4-2-5-9-19)26-24(20)25(22,15-14-23(18)28)21-10-6-3-7-11-21/h2-11,17-18,22H,12-16H2,1H3/t18?,22-,25?/m0/s1. The van der Waals surface area contributed by atoms with Crippen LogP contribution in [0.25, 0.3) is 0 Å². The maximum absolute atomic E-state index is 12.6. The van der Waals surface area contributed by atoms with Gasteiger partial charge in [-0.05, 0) is 41.9 Å². The first-order valence-electron chi connectivity index (χ1n) is 10.4. The van der Waals surface area contributed by atoms with Gasteiger partial charge in [-0.1, -0.05) is 67.6 Å². The molecule has 3 aromatic rings. The minimum absolute atomic E-state index is 0.0985. The topological polar surface area (TPSA) is 34.9 Å². The minimum atomic E-state index is -0.135. The van der Waals surface area contributed by atoms with Gasteiger partial charge in [-0.15, -0.1) is 0 Å². The summed E-state index contributed by atoms with van der Waals surface area (Å²) < 4.78 is 2.11. The van der Waals surface area contributed by atoms with Crippen molar-refractivity contribution in [1.82, 2.24) is 9.78 Å². The van der Waals surface area contributed by atoms with Gasteiger partial charge in [0.2, 0.25) is 0 Å². The zero-order chi connectivity index (χ0) is 19.1. The molecule has 142 valence electrons. The molecule has 3 nitrogen and oxygen atoms in total. The summed E-state index contributed by atoms with van der Waals surface area (Å²) in [5.74, 6) is 0.855. The summed E-state index contributed by atoms with van der Waals surface area (Å²) in [4.78, 5) is 12.6. The number of ketones is 1. The first-order chi connectivity index (χ1) is 13.7. The van der Waals surface area contributed by atoms with E-state index in [4.69, 9.17) is 5.10 Å². The number of hydrogen-bond donors (Lipinski definition) is 0. The van der Waals surface area contributed by atoms with Gasteiger partial charge in [-0.25, -0.2) is 0 Å². The van der Waals surface area contributed by atoms with E-state index in [0.717, 1.165) is 25.8 Å². The Morgan fingerprint density at radius 1 is 1.04 bits per heavy atom. The molecule has 2 unspecified atom stereocenters. The number of carbonyl (C=O) groups excluding carboxylic acids is 1. The fourth-order valence-corrected chi connectivity index (χ4v) is 5.59. The summed E-state index contributed by atoms with van der Waals surface area (Å²) in [7, 11) is 0. The molecule has 3 heteroatoms. The van der Waals surface area contributed by atoms with Gasteiger partial charge in [0.15, 0.2) is 0 Å². The number of benzene rings is 2. The average Bonchev–Trinajstić information content (AvgIpc) is 3.15. The van der Waals surface area contributed by atoms with Gasteiger partial charge in [-0.2, -0.15) is 5.10 Å². The minimum Gasteiger partial charge on any atom is -0.299 e. The van der Waals surface area contributed by atoms with Crippen molar-refractivity contribution in [2.45, 2.75) is 44.6 Å². The molecule has 0 spiro atoms. The molecule has 0 aliphatic heterocycles. The molecule has 2 aliphatic rings. The van der Waals surface area contributed by atoms with Crippen LogP contribution in [0.2, 0.25) is 0 Å². The average molecular weight is 370 g/mol. The third kappa shape index (κ3) is 2.64. The highest BCUT2D eigenvalue weighted by Crippen LogP contribution is 2.54. The molecule has 5 rings (SSSR count). The second-order valence-electron chi connectivity index (χ2n) is 8.42. The molecule has 1 saturated carbocycles. The molecular weight excluding hydrogens is 344 g/mol. The van der Waals surface area contributed by atoms with E-state index in [1.54, 1.807) is 0 Å². The van der Waals surface area contributed by atoms with E-state index in [0.29, 0.717) is 18.1 Å². The highest BCUT2D eigenvalue weighted by atomic mass is 16.1. The Morgan fingerprint density at radius 3 is 2.50 bits per heavy atom. The van der Waals surface area contributed by atoms with E-state index >= 15 is 0 Å². The Labute approximate surface area is 166 Å². The van der Waals surface area contributed by atoms with Gasteiger partial charge < -0.3 is 0 Å². The van der Waals surface area contributed by atoms with Crippen molar-refractivity contribution in [2.24, 2.45) is 11.8 Å². The highest BCUT2D eigenvalue weighted by molar-refractivity contribution is 5.83. The van der Waals surface area contributed by atoms with Crippen molar-refractivity contribution in [3.8, 4) is 0 Å². The Morgan fingerprint density at radius 2 is 1.75 bits per heavy atom. The van der Waals surface area contributed by atoms with Crippen LogP contribution in [-0.4, -0.2) is 15.6 Å². The summed E-state index contributed by atoms with van der Waals surface area (Å²) in [5.41, 5.74) is 5.03. The molecular formula is C25H26N2O. The molecule has 0 N–H and O–H groups in total. The molecule has 0 radical (unpaired) electrons. The lowest BCUT2D eigenvalue weighted by atomic mass is 9.53. The SMILES string of the molecule is CC1C(=O)CCC2(c3ccccc3)c3nn(Cc4ccccc4)cc3CC[C@@H]12. The number of aromatic nitrogens is 2. The van der Waals surface area contributed by atoms with Crippen LogP contribution in [0.15, 0.2) is 66.9 Å². The van der Waals surface area contributed by atoms with Crippen LogP contribution in [0, 0.1) is 11.8 Å². The third-order valence-corrected chi connectivity index (χ3v) is 6.97. The van der Waals surface area contributed by atoms with Crippen LogP contribution in [0.5, 0.6) is 0 Å². The van der Waals surface area contributed by atoms with Crippen molar-refractivity contribution >= 4 is 5.78 Å². The lowest BCUT2D eigenvalue weighted by Gasteiger charge is -2.49. The van der Waals surface area contributed by atoms with E-state index < -0.39 is 0 Å². The predicted octanol–water partition coefficient (Wildman–Crippen LogP) is 4.78. The number of fused-ring (bicyclic) bond motifs is 3. The molecule has 3 atom stereocenters. The van der Waals surface area contributed by atoms with E-state index in [9.17, 15) is 4.79 Å². The zero-order valence-electron chi connectivity index (χ0n) is 16.3. The number of Topliss-reactive ketones (excluding diaryl/α,β-unsaturated/α-hetero) is 1. The molecule has 1 heterocycles. The molecule has 0 saturated heterocycles. The summed E-state index contributed by atoms with van der Waals surface area (Å²) >= 11 is 0. The Balaban J connectivity index is 1.63. The van der Waals surface area contributed by atoms with Gasteiger partial charge in [0.05, 0.1) is 12.2 Å². The summed E-state index contributed by atoms with van der Waals surface area (Å²) in [6.45, 7) is 2.92. The fourth-order valence-electron chi connectivity index (χ4n) is 5.59. The molecule has 2 aliphatic carbocycles. The van der Waals surface area contributed by atoms with Crippen molar-refractivity contribution < 1.29 is 4.79 Å². The van der Waals surface area contributed by atoms with Crippen molar-refractivity contribution in [3.05, 3.63) is 89.2 Å². The molecule has 1 fully saturated rings. The Hall–Kier alpha value is -2.68. The molecule has 1 aromatic heterocycles. The number of rotatable bonds is 3. The van der Waals surface area contributed by atoms with E-state index in [-0.39, 0.29) is 11.3 Å².